The van der Waals surface area contributed by atoms with Crippen LogP contribution in [0.1, 0.15) is 30.9 Å². The molecule has 2 heterocycles. The van der Waals surface area contributed by atoms with Crippen molar-refractivity contribution in [2.45, 2.75) is 44.0 Å². The number of tetrazole rings is 1. The zero-order valence-electron chi connectivity index (χ0n) is 13.7. The second-order valence-electron chi connectivity index (χ2n) is 6.01. The molecule has 1 atom stereocenters. The number of carbonyl (C=O) groups excluding carboxylic acids is 1. The van der Waals surface area contributed by atoms with Crippen molar-refractivity contribution in [1.82, 2.24) is 25.1 Å². The minimum Gasteiger partial charge on any atom is -0.342 e. The first-order chi connectivity index (χ1) is 11.0. The molecule has 1 aliphatic rings. The Balaban J connectivity index is 1.79. The van der Waals surface area contributed by atoms with Crippen LogP contribution in [0, 0.1) is 13.8 Å². The number of likely N-dealkylation sites (tertiary alicyclic amines) is 1. The van der Waals surface area contributed by atoms with E-state index in [-0.39, 0.29) is 11.2 Å². The SMILES string of the molecule is Cc1cc(C)cc(-n2nnnc2S[C@@H](C)C(=O)N2CCCC2)c1. The quantitative estimate of drug-likeness (QED) is 0.805. The van der Waals surface area contributed by atoms with Gasteiger partial charge in [0.1, 0.15) is 0 Å². The minimum atomic E-state index is -0.191. The van der Waals surface area contributed by atoms with Gasteiger partial charge in [-0.05, 0) is 67.3 Å². The van der Waals surface area contributed by atoms with Crippen molar-refractivity contribution in [1.29, 1.82) is 0 Å². The number of hydrogen-bond acceptors (Lipinski definition) is 5. The van der Waals surface area contributed by atoms with Gasteiger partial charge in [0.25, 0.3) is 0 Å². The highest BCUT2D eigenvalue weighted by Gasteiger charge is 2.25. The van der Waals surface area contributed by atoms with Gasteiger partial charge in [0.15, 0.2) is 0 Å². The maximum atomic E-state index is 12.5. The molecule has 0 bridgehead atoms. The molecule has 0 radical (unpaired) electrons. The van der Waals surface area contributed by atoms with E-state index in [1.54, 1.807) is 4.68 Å². The van der Waals surface area contributed by atoms with E-state index >= 15 is 0 Å². The number of nitrogens with zero attached hydrogens (tertiary/aromatic N) is 5. The standard InChI is InChI=1S/C16H21N5OS/c1-11-8-12(2)10-14(9-11)21-16(17-18-19-21)23-13(3)15(22)20-6-4-5-7-20/h8-10,13H,4-7H2,1-3H3/t13-/m0/s1. The summed E-state index contributed by atoms with van der Waals surface area (Å²) in [5.41, 5.74) is 3.25. The van der Waals surface area contributed by atoms with Crippen LogP contribution in [0.2, 0.25) is 0 Å². The lowest BCUT2D eigenvalue weighted by molar-refractivity contribution is -0.129. The molecule has 1 amide bonds. The first kappa shape index (κ1) is 16.0. The second kappa shape index (κ2) is 6.70. The third-order valence-electron chi connectivity index (χ3n) is 3.94. The number of benzene rings is 1. The van der Waals surface area contributed by atoms with E-state index in [1.165, 1.54) is 11.8 Å². The second-order valence-corrected chi connectivity index (χ2v) is 7.32. The van der Waals surface area contributed by atoms with Crippen LogP contribution in [0.3, 0.4) is 0 Å². The van der Waals surface area contributed by atoms with E-state index in [0.29, 0.717) is 5.16 Å². The summed E-state index contributed by atoms with van der Waals surface area (Å²) in [5.74, 6) is 0.169. The summed E-state index contributed by atoms with van der Waals surface area (Å²) in [5, 5.41) is 12.4. The van der Waals surface area contributed by atoms with Gasteiger partial charge in [-0.3, -0.25) is 4.79 Å². The molecule has 3 rings (SSSR count). The Morgan fingerprint density at radius 3 is 2.48 bits per heavy atom. The number of aromatic nitrogens is 4. The third kappa shape index (κ3) is 3.55. The fourth-order valence-corrected chi connectivity index (χ4v) is 3.78. The maximum Gasteiger partial charge on any atom is 0.235 e. The van der Waals surface area contributed by atoms with Gasteiger partial charge in [0.2, 0.25) is 11.1 Å². The highest BCUT2D eigenvalue weighted by Crippen LogP contribution is 2.25. The molecule has 1 aliphatic heterocycles. The van der Waals surface area contributed by atoms with Crippen molar-refractivity contribution in [3.8, 4) is 5.69 Å². The molecule has 1 aromatic carbocycles. The number of rotatable bonds is 4. The molecule has 6 nitrogen and oxygen atoms in total. The molecule has 23 heavy (non-hydrogen) atoms. The van der Waals surface area contributed by atoms with E-state index in [4.69, 9.17) is 0 Å². The zero-order chi connectivity index (χ0) is 16.4. The predicted octanol–water partition coefficient (Wildman–Crippen LogP) is 2.38. The predicted molar refractivity (Wildman–Crippen MR) is 89.8 cm³/mol. The molecule has 0 saturated carbocycles. The lowest BCUT2D eigenvalue weighted by Gasteiger charge is -2.19. The summed E-state index contributed by atoms with van der Waals surface area (Å²) in [6, 6.07) is 6.20. The Hall–Kier alpha value is -1.89. The number of thioether (sulfide) groups is 1. The maximum absolute atomic E-state index is 12.5. The van der Waals surface area contributed by atoms with Gasteiger partial charge in [-0.15, -0.1) is 5.10 Å². The molecular weight excluding hydrogens is 310 g/mol. The Kier molecular flexibility index (Phi) is 4.66. The zero-order valence-corrected chi connectivity index (χ0v) is 14.5. The van der Waals surface area contributed by atoms with Crippen molar-refractivity contribution in [2.24, 2.45) is 0 Å². The average molecular weight is 331 g/mol. The van der Waals surface area contributed by atoms with Crippen LogP contribution in [0.4, 0.5) is 0 Å². The molecule has 7 heteroatoms. The number of aryl methyl sites for hydroxylation is 2. The molecule has 2 aromatic rings. The van der Waals surface area contributed by atoms with E-state index in [0.717, 1.165) is 42.7 Å². The fraction of sp³-hybridized carbons (Fsp3) is 0.500. The molecule has 122 valence electrons. The van der Waals surface area contributed by atoms with Crippen molar-refractivity contribution < 1.29 is 4.79 Å². The number of amides is 1. The molecule has 0 aliphatic carbocycles. The van der Waals surface area contributed by atoms with E-state index < -0.39 is 0 Å². The van der Waals surface area contributed by atoms with E-state index in [2.05, 4.69) is 21.6 Å². The van der Waals surface area contributed by atoms with Gasteiger partial charge < -0.3 is 4.90 Å². The van der Waals surface area contributed by atoms with Gasteiger partial charge in [-0.2, -0.15) is 4.68 Å². The van der Waals surface area contributed by atoms with Gasteiger partial charge in [-0.1, -0.05) is 17.8 Å². The topological polar surface area (TPSA) is 63.9 Å². The molecule has 1 aromatic heterocycles. The molecule has 0 N–H and O–H groups in total. The minimum absolute atomic E-state index is 0.169. The largest absolute Gasteiger partial charge is 0.342 e. The van der Waals surface area contributed by atoms with Crippen LogP contribution in [-0.2, 0) is 4.79 Å². The Morgan fingerprint density at radius 1 is 1.17 bits per heavy atom. The number of hydrogen-bond donors (Lipinski definition) is 0. The highest BCUT2D eigenvalue weighted by atomic mass is 32.2. The van der Waals surface area contributed by atoms with E-state index in [9.17, 15) is 4.79 Å². The normalized spacial score (nSPS) is 15.9. The Morgan fingerprint density at radius 2 is 1.83 bits per heavy atom. The van der Waals surface area contributed by atoms with Crippen LogP contribution in [0.5, 0.6) is 0 Å². The van der Waals surface area contributed by atoms with Gasteiger partial charge >= 0.3 is 0 Å². The van der Waals surface area contributed by atoms with Crippen molar-refractivity contribution in [2.75, 3.05) is 13.1 Å². The first-order valence-electron chi connectivity index (χ1n) is 7.87. The first-order valence-corrected chi connectivity index (χ1v) is 8.75. The summed E-state index contributed by atoms with van der Waals surface area (Å²) in [4.78, 5) is 14.4. The summed E-state index contributed by atoms with van der Waals surface area (Å²) >= 11 is 1.41. The smallest absolute Gasteiger partial charge is 0.235 e. The van der Waals surface area contributed by atoms with Gasteiger partial charge in [0.05, 0.1) is 10.9 Å². The lowest BCUT2D eigenvalue weighted by atomic mass is 10.1. The van der Waals surface area contributed by atoms with Crippen LogP contribution in [-0.4, -0.2) is 49.4 Å². The van der Waals surface area contributed by atoms with Crippen molar-refractivity contribution in [3.05, 3.63) is 29.3 Å². The average Bonchev–Trinajstić information content (AvgIpc) is 3.16. The van der Waals surface area contributed by atoms with Gasteiger partial charge in [-0.25, -0.2) is 0 Å². The van der Waals surface area contributed by atoms with Crippen LogP contribution in [0.15, 0.2) is 23.4 Å². The lowest BCUT2D eigenvalue weighted by Crippen LogP contribution is -2.34. The molecule has 0 unspecified atom stereocenters. The molecular formula is C16H21N5OS. The van der Waals surface area contributed by atoms with Gasteiger partial charge in [0, 0.05) is 13.1 Å². The summed E-state index contributed by atoms with van der Waals surface area (Å²) in [7, 11) is 0. The fourth-order valence-electron chi connectivity index (χ4n) is 2.89. The summed E-state index contributed by atoms with van der Waals surface area (Å²) < 4.78 is 1.71. The third-order valence-corrected chi connectivity index (χ3v) is 4.96. The van der Waals surface area contributed by atoms with Crippen LogP contribution < -0.4 is 0 Å². The number of carbonyl (C=O) groups is 1. The Bertz CT molecular complexity index is 688. The van der Waals surface area contributed by atoms with Crippen LogP contribution >= 0.6 is 11.8 Å². The Labute approximate surface area is 140 Å². The molecule has 1 saturated heterocycles. The molecule has 1 fully saturated rings. The van der Waals surface area contributed by atoms with Crippen molar-refractivity contribution >= 4 is 17.7 Å². The summed E-state index contributed by atoms with van der Waals surface area (Å²) in [6.45, 7) is 7.75. The van der Waals surface area contributed by atoms with Crippen LogP contribution in [0.25, 0.3) is 5.69 Å². The highest BCUT2D eigenvalue weighted by molar-refractivity contribution is 8.00. The molecule has 0 spiro atoms. The summed E-state index contributed by atoms with van der Waals surface area (Å²) in [6.07, 6.45) is 2.20. The monoisotopic (exact) mass is 331 g/mol. The van der Waals surface area contributed by atoms with Crippen molar-refractivity contribution in [3.63, 3.8) is 0 Å². The van der Waals surface area contributed by atoms with E-state index in [1.807, 2.05) is 37.8 Å².